The first-order valence-electron chi connectivity index (χ1n) is 8.24. The number of nitrogens with one attached hydrogen (secondary N) is 1. The fourth-order valence-electron chi connectivity index (χ4n) is 2.99. The first-order chi connectivity index (χ1) is 12.4. The van der Waals surface area contributed by atoms with E-state index >= 15 is 0 Å². The monoisotopic (exact) mass is 380 g/mol. The molecule has 1 aliphatic heterocycles. The van der Waals surface area contributed by atoms with Gasteiger partial charge >= 0.3 is 0 Å². The van der Waals surface area contributed by atoms with Crippen LogP contribution in [0.25, 0.3) is 0 Å². The lowest BCUT2D eigenvalue weighted by Gasteiger charge is -2.19. The highest BCUT2D eigenvalue weighted by Gasteiger charge is 2.22. The Bertz CT molecular complexity index is 896. The lowest BCUT2D eigenvalue weighted by atomic mass is 10.2. The molecule has 0 aromatic heterocycles. The van der Waals surface area contributed by atoms with E-state index in [1.54, 1.807) is 18.2 Å². The average molecular weight is 380 g/mol. The van der Waals surface area contributed by atoms with E-state index in [0.717, 1.165) is 25.9 Å². The maximum absolute atomic E-state index is 14.4. The number of hydrogen-bond acceptors (Lipinski definition) is 5. The SMILES string of the molecule is COc1ccc(OC)c(S(=O)(=O)Nc2ccc(N3CCCC3)c(F)c2)c1. The Morgan fingerprint density at radius 3 is 2.38 bits per heavy atom. The van der Waals surface area contributed by atoms with Crippen molar-refractivity contribution in [2.75, 3.05) is 36.9 Å². The van der Waals surface area contributed by atoms with Crippen LogP contribution >= 0.6 is 0 Å². The minimum atomic E-state index is -3.97. The summed E-state index contributed by atoms with van der Waals surface area (Å²) in [5.74, 6) is 0.0962. The van der Waals surface area contributed by atoms with Crippen LogP contribution in [0.4, 0.5) is 15.8 Å². The summed E-state index contributed by atoms with van der Waals surface area (Å²) < 4.78 is 52.5. The summed E-state index contributed by atoms with van der Waals surface area (Å²) in [6, 6.07) is 8.81. The zero-order valence-electron chi connectivity index (χ0n) is 14.7. The summed E-state index contributed by atoms with van der Waals surface area (Å²) in [6.07, 6.45) is 2.06. The fraction of sp³-hybridized carbons (Fsp3) is 0.333. The average Bonchev–Trinajstić information content (AvgIpc) is 3.15. The molecule has 26 heavy (non-hydrogen) atoms. The van der Waals surface area contributed by atoms with Crippen LogP contribution in [0.5, 0.6) is 11.5 Å². The van der Waals surface area contributed by atoms with Gasteiger partial charge in [-0.05, 0) is 37.1 Å². The van der Waals surface area contributed by atoms with Crippen LogP contribution in [-0.4, -0.2) is 35.7 Å². The van der Waals surface area contributed by atoms with Crippen molar-refractivity contribution >= 4 is 21.4 Å². The topological polar surface area (TPSA) is 67.9 Å². The second-order valence-corrected chi connectivity index (χ2v) is 7.63. The molecule has 8 heteroatoms. The third kappa shape index (κ3) is 3.70. The van der Waals surface area contributed by atoms with Crippen LogP contribution in [0.15, 0.2) is 41.3 Å². The lowest BCUT2D eigenvalue weighted by molar-refractivity contribution is 0.392. The first-order valence-corrected chi connectivity index (χ1v) is 9.72. The van der Waals surface area contributed by atoms with Crippen molar-refractivity contribution in [3.8, 4) is 11.5 Å². The number of sulfonamides is 1. The fourth-order valence-corrected chi connectivity index (χ4v) is 4.22. The summed E-state index contributed by atoms with van der Waals surface area (Å²) in [5, 5.41) is 0. The van der Waals surface area contributed by atoms with Crippen LogP contribution in [-0.2, 0) is 10.0 Å². The quantitative estimate of drug-likeness (QED) is 0.833. The molecule has 1 aliphatic rings. The van der Waals surface area contributed by atoms with E-state index in [1.165, 1.54) is 32.4 Å². The molecule has 1 heterocycles. The molecule has 2 aromatic rings. The highest BCUT2D eigenvalue weighted by molar-refractivity contribution is 7.92. The summed E-state index contributed by atoms with van der Waals surface area (Å²) in [4.78, 5) is 1.88. The van der Waals surface area contributed by atoms with E-state index in [-0.39, 0.29) is 16.3 Å². The van der Waals surface area contributed by atoms with E-state index in [2.05, 4.69) is 4.72 Å². The molecule has 0 bridgehead atoms. The smallest absolute Gasteiger partial charge is 0.265 e. The standard InChI is InChI=1S/C18H21FN2O4S/c1-24-14-6-8-17(25-2)18(12-14)26(22,23)20-13-5-7-16(15(19)11-13)21-9-3-4-10-21/h5-8,11-12,20H,3-4,9-10H2,1-2H3. The van der Waals surface area contributed by atoms with Crippen molar-refractivity contribution in [3.63, 3.8) is 0 Å². The van der Waals surface area contributed by atoms with E-state index in [9.17, 15) is 12.8 Å². The Kier molecular flexibility index (Phi) is 5.22. The third-order valence-electron chi connectivity index (χ3n) is 4.31. The van der Waals surface area contributed by atoms with Crippen molar-refractivity contribution in [2.45, 2.75) is 17.7 Å². The molecule has 1 saturated heterocycles. The predicted octanol–water partition coefficient (Wildman–Crippen LogP) is 3.24. The number of benzene rings is 2. The molecule has 6 nitrogen and oxygen atoms in total. The molecule has 0 spiro atoms. The Labute approximate surface area is 152 Å². The first kappa shape index (κ1) is 18.3. The molecule has 0 unspecified atom stereocenters. The Morgan fingerprint density at radius 2 is 1.77 bits per heavy atom. The molecule has 0 radical (unpaired) electrons. The normalized spacial score (nSPS) is 14.3. The van der Waals surface area contributed by atoms with Gasteiger partial charge in [-0.3, -0.25) is 4.72 Å². The number of nitrogens with zero attached hydrogens (tertiary/aromatic N) is 1. The molecule has 1 N–H and O–H groups in total. The molecule has 3 rings (SSSR count). The minimum absolute atomic E-state index is 0.0802. The second-order valence-electron chi connectivity index (χ2n) is 5.98. The highest BCUT2D eigenvalue weighted by Crippen LogP contribution is 2.31. The summed E-state index contributed by atoms with van der Waals surface area (Å²) in [5.41, 5.74) is 0.639. The summed E-state index contributed by atoms with van der Waals surface area (Å²) in [7, 11) is -1.15. The van der Waals surface area contributed by atoms with Crippen molar-refractivity contribution in [2.24, 2.45) is 0 Å². The number of rotatable bonds is 6. The van der Waals surface area contributed by atoms with Crippen molar-refractivity contribution in [1.82, 2.24) is 0 Å². The van der Waals surface area contributed by atoms with E-state index < -0.39 is 15.8 Å². The second kappa shape index (κ2) is 7.41. The Balaban J connectivity index is 1.89. The van der Waals surface area contributed by atoms with Gasteiger partial charge in [0.1, 0.15) is 22.2 Å². The molecule has 0 atom stereocenters. The van der Waals surface area contributed by atoms with Gasteiger partial charge in [-0.1, -0.05) is 0 Å². The van der Waals surface area contributed by atoms with Gasteiger partial charge < -0.3 is 14.4 Å². The maximum atomic E-state index is 14.4. The van der Waals surface area contributed by atoms with Crippen molar-refractivity contribution in [3.05, 3.63) is 42.2 Å². The zero-order valence-corrected chi connectivity index (χ0v) is 15.5. The van der Waals surface area contributed by atoms with Crippen LogP contribution in [0, 0.1) is 5.82 Å². The van der Waals surface area contributed by atoms with Gasteiger partial charge in [0.2, 0.25) is 0 Å². The van der Waals surface area contributed by atoms with E-state index in [1.807, 2.05) is 4.90 Å². The van der Waals surface area contributed by atoms with Crippen LogP contribution < -0.4 is 19.1 Å². The molecular formula is C18H21FN2O4S. The maximum Gasteiger partial charge on any atom is 0.265 e. The molecular weight excluding hydrogens is 359 g/mol. The molecule has 0 saturated carbocycles. The van der Waals surface area contributed by atoms with Gasteiger partial charge in [0.15, 0.2) is 0 Å². The van der Waals surface area contributed by atoms with E-state index in [4.69, 9.17) is 9.47 Å². The van der Waals surface area contributed by atoms with Crippen molar-refractivity contribution in [1.29, 1.82) is 0 Å². The van der Waals surface area contributed by atoms with Gasteiger partial charge in [-0.15, -0.1) is 0 Å². The molecule has 0 aliphatic carbocycles. The molecule has 2 aromatic carbocycles. The van der Waals surface area contributed by atoms with Crippen molar-refractivity contribution < 1.29 is 22.3 Å². The van der Waals surface area contributed by atoms with Crippen LogP contribution in [0.1, 0.15) is 12.8 Å². The van der Waals surface area contributed by atoms with Crippen LogP contribution in [0.2, 0.25) is 0 Å². The summed E-state index contributed by atoms with van der Waals surface area (Å²) >= 11 is 0. The number of ether oxygens (including phenoxy) is 2. The summed E-state index contributed by atoms with van der Waals surface area (Å²) in [6.45, 7) is 1.62. The predicted molar refractivity (Wildman–Crippen MR) is 98.2 cm³/mol. The largest absolute Gasteiger partial charge is 0.497 e. The lowest BCUT2D eigenvalue weighted by Crippen LogP contribution is -2.19. The zero-order chi connectivity index (χ0) is 18.7. The van der Waals surface area contributed by atoms with Gasteiger partial charge in [-0.2, -0.15) is 0 Å². The van der Waals surface area contributed by atoms with Gasteiger partial charge in [0.05, 0.1) is 25.6 Å². The highest BCUT2D eigenvalue weighted by atomic mass is 32.2. The Hall–Kier alpha value is -2.48. The third-order valence-corrected chi connectivity index (χ3v) is 5.71. The Morgan fingerprint density at radius 1 is 1.04 bits per heavy atom. The van der Waals surface area contributed by atoms with E-state index in [0.29, 0.717) is 11.4 Å². The number of anilines is 2. The molecule has 140 valence electrons. The van der Waals surface area contributed by atoms with Gasteiger partial charge in [0, 0.05) is 25.2 Å². The number of hydrogen-bond donors (Lipinski definition) is 1. The number of halogens is 1. The number of methoxy groups -OCH3 is 2. The molecule has 0 amide bonds. The van der Waals surface area contributed by atoms with Gasteiger partial charge in [-0.25, -0.2) is 12.8 Å². The minimum Gasteiger partial charge on any atom is -0.497 e. The van der Waals surface area contributed by atoms with Gasteiger partial charge in [0.25, 0.3) is 10.0 Å². The molecule has 1 fully saturated rings. The van der Waals surface area contributed by atoms with Crippen LogP contribution in [0.3, 0.4) is 0 Å².